The predicted molar refractivity (Wildman–Crippen MR) is 105 cm³/mol. The Morgan fingerprint density at radius 3 is 3.00 bits per heavy atom. The highest BCUT2D eigenvalue weighted by Crippen LogP contribution is 2.36. The van der Waals surface area contributed by atoms with Crippen molar-refractivity contribution in [3.63, 3.8) is 0 Å². The molecule has 2 aliphatic rings. The third kappa shape index (κ3) is 4.74. The lowest BCUT2D eigenvalue weighted by Crippen LogP contribution is -2.48. The lowest BCUT2D eigenvalue weighted by Gasteiger charge is -2.39. The zero-order chi connectivity index (χ0) is 17.7. The van der Waals surface area contributed by atoms with Gasteiger partial charge in [0.05, 0.1) is 5.60 Å². The summed E-state index contributed by atoms with van der Waals surface area (Å²) in [6.45, 7) is 6.00. The number of nitrogens with one attached hydrogen (secondary N) is 2. The van der Waals surface area contributed by atoms with E-state index in [-0.39, 0.29) is 5.60 Å². The summed E-state index contributed by atoms with van der Waals surface area (Å²) in [5.74, 6) is 1.49. The van der Waals surface area contributed by atoms with Crippen LogP contribution in [0.3, 0.4) is 0 Å². The molecular weight excluding hydrogens is 332 g/mol. The number of nitrogens with zero attached hydrogens (tertiary/aromatic N) is 2. The lowest BCUT2D eigenvalue weighted by molar-refractivity contribution is 0.0242. The van der Waals surface area contributed by atoms with E-state index in [4.69, 9.17) is 4.74 Å². The van der Waals surface area contributed by atoms with Crippen LogP contribution in [0.5, 0.6) is 0 Å². The van der Waals surface area contributed by atoms with E-state index in [1.807, 2.05) is 18.4 Å². The van der Waals surface area contributed by atoms with Crippen LogP contribution in [0.15, 0.2) is 22.5 Å². The van der Waals surface area contributed by atoms with Crippen LogP contribution in [-0.4, -0.2) is 56.8 Å². The summed E-state index contributed by atoms with van der Waals surface area (Å²) in [5.41, 5.74) is -0.0534. The summed E-state index contributed by atoms with van der Waals surface area (Å²) in [4.78, 5) is 8.38. The standard InChI is InChI=1S/C19H32N4OS/c1-19(9-6-11-24-19)14-22-18(20-2)21-13-15-7-4-10-23(3)17(15)16-8-5-12-25-16/h5,8,12,15,17H,4,6-7,9-11,13-14H2,1-3H3,(H2,20,21,22). The summed E-state index contributed by atoms with van der Waals surface area (Å²) >= 11 is 1.87. The van der Waals surface area contributed by atoms with Crippen LogP contribution in [-0.2, 0) is 4.74 Å². The van der Waals surface area contributed by atoms with Crippen LogP contribution in [0, 0.1) is 5.92 Å². The van der Waals surface area contributed by atoms with E-state index in [1.165, 1.54) is 24.3 Å². The maximum Gasteiger partial charge on any atom is 0.191 e. The molecule has 25 heavy (non-hydrogen) atoms. The van der Waals surface area contributed by atoms with Crippen molar-refractivity contribution in [1.29, 1.82) is 0 Å². The molecule has 0 spiro atoms. The first-order valence-electron chi connectivity index (χ1n) is 9.43. The van der Waals surface area contributed by atoms with Gasteiger partial charge in [-0.05, 0) is 63.6 Å². The zero-order valence-corrected chi connectivity index (χ0v) is 16.6. The molecule has 1 aromatic heterocycles. The molecule has 0 aliphatic carbocycles. The summed E-state index contributed by atoms with van der Waals surface area (Å²) < 4.78 is 5.86. The SMILES string of the molecule is CN=C(NCC1CCCN(C)C1c1cccs1)NCC1(C)CCCO1. The maximum atomic E-state index is 5.86. The van der Waals surface area contributed by atoms with Gasteiger partial charge >= 0.3 is 0 Å². The van der Waals surface area contributed by atoms with E-state index in [9.17, 15) is 0 Å². The second kappa shape index (κ2) is 8.52. The summed E-state index contributed by atoms with van der Waals surface area (Å²) in [5, 5.41) is 9.19. The molecule has 6 heteroatoms. The number of rotatable bonds is 5. The van der Waals surface area contributed by atoms with Gasteiger partial charge in [-0.15, -0.1) is 11.3 Å². The number of piperidine rings is 1. The largest absolute Gasteiger partial charge is 0.373 e. The van der Waals surface area contributed by atoms with Crippen LogP contribution in [0.2, 0.25) is 0 Å². The first-order chi connectivity index (χ1) is 12.1. The van der Waals surface area contributed by atoms with Gasteiger partial charge in [-0.2, -0.15) is 0 Å². The van der Waals surface area contributed by atoms with E-state index in [2.05, 4.69) is 52.0 Å². The number of likely N-dealkylation sites (tertiary alicyclic amines) is 1. The normalized spacial score (nSPS) is 31.2. The molecule has 3 atom stereocenters. The van der Waals surface area contributed by atoms with E-state index in [0.29, 0.717) is 12.0 Å². The molecule has 3 rings (SSSR count). The minimum atomic E-state index is -0.0534. The van der Waals surface area contributed by atoms with Gasteiger partial charge < -0.3 is 15.4 Å². The van der Waals surface area contributed by atoms with Crippen molar-refractivity contribution in [3.8, 4) is 0 Å². The van der Waals surface area contributed by atoms with Gasteiger partial charge in [-0.3, -0.25) is 9.89 Å². The Bertz CT molecular complexity index is 554. The predicted octanol–water partition coefficient (Wildman–Crippen LogP) is 2.87. The van der Waals surface area contributed by atoms with E-state index in [1.54, 1.807) is 0 Å². The van der Waals surface area contributed by atoms with Crippen molar-refractivity contribution in [3.05, 3.63) is 22.4 Å². The maximum absolute atomic E-state index is 5.86. The van der Waals surface area contributed by atoms with Crippen molar-refractivity contribution < 1.29 is 4.74 Å². The fourth-order valence-corrected chi connectivity index (χ4v) is 5.06. The molecule has 2 saturated heterocycles. The van der Waals surface area contributed by atoms with Gasteiger partial charge in [0.25, 0.3) is 0 Å². The van der Waals surface area contributed by atoms with Gasteiger partial charge in [0.15, 0.2) is 5.96 Å². The average Bonchev–Trinajstić information content (AvgIpc) is 3.27. The lowest BCUT2D eigenvalue weighted by atomic mass is 9.88. The molecule has 140 valence electrons. The molecule has 2 fully saturated rings. The zero-order valence-electron chi connectivity index (χ0n) is 15.8. The van der Waals surface area contributed by atoms with Crippen LogP contribution < -0.4 is 10.6 Å². The molecule has 0 saturated carbocycles. The van der Waals surface area contributed by atoms with Gasteiger partial charge in [0.2, 0.25) is 0 Å². The second-order valence-corrected chi connectivity index (χ2v) is 8.53. The molecule has 0 bridgehead atoms. The fourth-order valence-electron chi connectivity index (χ4n) is 4.08. The highest BCUT2D eigenvalue weighted by atomic mass is 32.1. The number of hydrogen-bond donors (Lipinski definition) is 2. The fraction of sp³-hybridized carbons (Fsp3) is 0.737. The minimum Gasteiger partial charge on any atom is -0.373 e. The van der Waals surface area contributed by atoms with Crippen molar-refractivity contribution in [2.75, 3.05) is 40.3 Å². The molecule has 3 heterocycles. The Morgan fingerprint density at radius 1 is 1.44 bits per heavy atom. The summed E-state index contributed by atoms with van der Waals surface area (Å²) in [6.07, 6.45) is 4.80. The van der Waals surface area contributed by atoms with Gasteiger partial charge in [-0.1, -0.05) is 6.07 Å². The Morgan fingerprint density at radius 2 is 2.32 bits per heavy atom. The average molecular weight is 365 g/mol. The van der Waals surface area contributed by atoms with Gasteiger partial charge in [0.1, 0.15) is 0 Å². The molecule has 0 aromatic carbocycles. The number of ether oxygens (including phenoxy) is 1. The number of guanidine groups is 1. The van der Waals surface area contributed by atoms with Crippen LogP contribution in [0.1, 0.15) is 43.5 Å². The van der Waals surface area contributed by atoms with Crippen molar-refractivity contribution in [2.45, 2.75) is 44.2 Å². The monoisotopic (exact) mass is 364 g/mol. The van der Waals surface area contributed by atoms with Crippen LogP contribution in [0.25, 0.3) is 0 Å². The quantitative estimate of drug-likeness (QED) is 0.623. The molecule has 2 N–H and O–H groups in total. The number of thiophene rings is 1. The van der Waals surface area contributed by atoms with Gasteiger partial charge in [-0.25, -0.2) is 0 Å². The number of hydrogen-bond acceptors (Lipinski definition) is 4. The first-order valence-corrected chi connectivity index (χ1v) is 10.3. The second-order valence-electron chi connectivity index (χ2n) is 7.55. The Balaban J connectivity index is 1.54. The Labute approximate surface area is 155 Å². The Hall–Kier alpha value is -1.11. The summed E-state index contributed by atoms with van der Waals surface area (Å²) in [6, 6.07) is 4.95. The Kier molecular flexibility index (Phi) is 6.36. The molecular formula is C19H32N4OS. The highest BCUT2D eigenvalue weighted by Gasteiger charge is 2.32. The first kappa shape index (κ1) is 18.7. The van der Waals surface area contributed by atoms with Crippen molar-refractivity contribution >= 4 is 17.3 Å². The minimum absolute atomic E-state index is 0.0534. The highest BCUT2D eigenvalue weighted by molar-refractivity contribution is 7.10. The van der Waals surface area contributed by atoms with E-state index in [0.717, 1.165) is 38.5 Å². The van der Waals surface area contributed by atoms with Crippen LogP contribution >= 0.6 is 11.3 Å². The van der Waals surface area contributed by atoms with E-state index >= 15 is 0 Å². The van der Waals surface area contributed by atoms with Gasteiger partial charge in [0, 0.05) is 37.7 Å². The molecule has 0 radical (unpaired) electrons. The topological polar surface area (TPSA) is 48.9 Å². The molecule has 5 nitrogen and oxygen atoms in total. The van der Waals surface area contributed by atoms with Crippen LogP contribution in [0.4, 0.5) is 0 Å². The van der Waals surface area contributed by atoms with E-state index < -0.39 is 0 Å². The molecule has 3 unspecified atom stereocenters. The summed E-state index contributed by atoms with van der Waals surface area (Å²) in [7, 11) is 4.10. The van der Waals surface area contributed by atoms with Crippen molar-refractivity contribution in [2.24, 2.45) is 10.9 Å². The molecule has 1 aromatic rings. The molecule has 0 amide bonds. The number of aliphatic imine (C=N–C) groups is 1. The molecule has 2 aliphatic heterocycles. The third-order valence-electron chi connectivity index (χ3n) is 5.53. The third-order valence-corrected chi connectivity index (χ3v) is 6.47. The van der Waals surface area contributed by atoms with Crippen molar-refractivity contribution in [1.82, 2.24) is 15.5 Å². The smallest absolute Gasteiger partial charge is 0.191 e.